The largest absolute Gasteiger partial charge is 0.358 e. The molecule has 128 valence electrons. The Labute approximate surface area is 144 Å². The average molecular weight is 349 g/mol. The SMILES string of the molecule is C[C@H](NC1=NC(=O)C(C)(C2CCNC(=O)C2)S1)c1ccccc1F. The number of hydrogen-bond acceptors (Lipinski definition) is 4. The van der Waals surface area contributed by atoms with Crippen LogP contribution in [-0.2, 0) is 9.59 Å². The zero-order valence-electron chi connectivity index (χ0n) is 13.6. The molecule has 0 aromatic heterocycles. The molecule has 1 fully saturated rings. The van der Waals surface area contributed by atoms with Gasteiger partial charge in [0.1, 0.15) is 10.6 Å². The summed E-state index contributed by atoms with van der Waals surface area (Å²) in [5, 5.41) is 6.40. The Hall–Kier alpha value is -1.89. The Balaban J connectivity index is 1.71. The number of rotatable bonds is 3. The summed E-state index contributed by atoms with van der Waals surface area (Å²) in [4.78, 5) is 28.2. The van der Waals surface area contributed by atoms with E-state index < -0.39 is 4.75 Å². The summed E-state index contributed by atoms with van der Waals surface area (Å²) < 4.78 is 13.1. The predicted molar refractivity (Wildman–Crippen MR) is 92.1 cm³/mol. The molecule has 2 aliphatic rings. The number of carbonyl (C=O) groups excluding carboxylic acids is 2. The molecule has 1 aromatic rings. The molecule has 1 saturated heterocycles. The van der Waals surface area contributed by atoms with E-state index in [-0.39, 0.29) is 29.6 Å². The minimum atomic E-state index is -0.741. The quantitative estimate of drug-likeness (QED) is 0.879. The van der Waals surface area contributed by atoms with Crippen LogP contribution >= 0.6 is 11.8 Å². The van der Waals surface area contributed by atoms with Gasteiger partial charge < -0.3 is 10.6 Å². The Morgan fingerprint density at radius 2 is 2.17 bits per heavy atom. The van der Waals surface area contributed by atoms with Gasteiger partial charge in [0.25, 0.3) is 5.91 Å². The Morgan fingerprint density at radius 3 is 2.88 bits per heavy atom. The molecule has 0 spiro atoms. The van der Waals surface area contributed by atoms with E-state index in [1.807, 2.05) is 13.8 Å². The fourth-order valence-corrected chi connectivity index (χ4v) is 4.40. The van der Waals surface area contributed by atoms with Crippen LogP contribution in [0.2, 0.25) is 0 Å². The summed E-state index contributed by atoms with van der Waals surface area (Å²) in [6, 6.07) is 6.23. The summed E-state index contributed by atoms with van der Waals surface area (Å²) in [5.41, 5.74) is 0.527. The van der Waals surface area contributed by atoms with Gasteiger partial charge in [-0.3, -0.25) is 9.59 Å². The monoisotopic (exact) mass is 349 g/mol. The average Bonchev–Trinajstić information content (AvgIpc) is 2.83. The van der Waals surface area contributed by atoms with Gasteiger partial charge in [-0.25, -0.2) is 4.39 Å². The van der Waals surface area contributed by atoms with E-state index in [1.54, 1.807) is 18.2 Å². The highest BCUT2D eigenvalue weighted by atomic mass is 32.2. The summed E-state index contributed by atoms with van der Waals surface area (Å²) >= 11 is 1.35. The van der Waals surface area contributed by atoms with Gasteiger partial charge in [0.05, 0.1) is 6.04 Å². The van der Waals surface area contributed by atoms with E-state index in [1.165, 1.54) is 17.8 Å². The highest BCUT2D eigenvalue weighted by molar-refractivity contribution is 8.16. The van der Waals surface area contributed by atoms with E-state index in [0.717, 1.165) is 6.42 Å². The Bertz CT molecular complexity index is 709. The van der Waals surface area contributed by atoms with E-state index in [9.17, 15) is 14.0 Å². The third-order valence-corrected chi connectivity index (χ3v) is 6.01. The van der Waals surface area contributed by atoms with Gasteiger partial charge in [-0.1, -0.05) is 30.0 Å². The van der Waals surface area contributed by atoms with Crippen LogP contribution in [0.1, 0.15) is 38.3 Å². The van der Waals surface area contributed by atoms with Crippen LogP contribution in [0.4, 0.5) is 4.39 Å². The number of nitrogens with one attached hydrogen (secondary N) is 2. The highest BCUT2D eigenvalue weighted by Crippen LogP contribution is 2.43. The summed E-state index contributed by atoms with van der Waals surface area (Å²) in [6.07, 6.45) is 1.09. The lowest BCUT2D eigenvalue weighted by Gasteiger charge is -2.33. The zero-order valence-corrected chi connectivity index (χ0v) is 14.5. The van der Waals surface area contributed by atoms with E-state index in [0.29, 0.717) is 23.7 Å². The lowest BCUT2D eigenvalue weighted by atomic mass is 9.84. The van der Waals surface area contributed by atoms with Crippen LogP contribution in [0.5, 0.6) is 0 Å². The number of amides is 2. The zero-order chi connectivity index (χ0) is 17.3. The Kier molecular flexibility index (Phi) is 4.62. The first-order valence-corrected chi connectivity index (χ1v) is 8.81. The molecule has 2 unspecified atom stereocenters. The number of halogens is 1. The van der Waals surface area contributed by atoms with Crippen molar-refractivity contribution in [3.63, 3.8) is 0 Å². The molecule has 2 heterocycles. The summed E-state index contributed by atoms with van der Waals surface area (Å²) in [6.45, 7) is 4.26. The maximum absolute atomic E-state index is 13.9. The number of aliphatic imine (C=N–C) groups is 1. The first kappa shape index (κ1) is 17.0. The van der Waals surface area contributed by atoms with Crippen LogP contribution in [0.3, 0.4) is 0 Å². The first-order chi connectivity index (χ1) is 11.4. The van der Waals surface area contributed by atoms with Crippen molar-refractivity contribution in [1.82, 2.24) is 10.6 Å². The van der Waals surface area contributed by atoms with E-state index in [4.69, 9.17) is 0 Å². The lowest BCUT2D eigenvalue weighted by Crippen LogP contribution is -2.45. The van der Waals surface area contributed by atoms with Crippen molar-refractivity contribution < 1.29 is 14.0 Å². The van der Waals surface area contributed by atoms with Crippen molar-refractivity contribution in [2.45, 2.75) is 37.5 Å². The molecule has 2 aliphatic heterocycles. The molecule has 0 radical (unpaired) electrons. The normalized spacial score (nSPS) is 28.3. The van der Waals surface area contributed by atoms with Gasteiger partial charge in [0, 0.05) is 18.5 Å². The highest BCUT2D eigenvalue weighted by Gasteiger charge is 2.48. The van der Waals surface area contributed by atoms with Crippen molar-refractivity contribution in [2.75, 3.05) is 6.54 Å². The molecule has 7 heteroatoms. The molecule has 2 N–H and O–H groups in total. The lowest BCUT2D eigenvalue weighted by molar-refractivity contribution is -0.125. The van der Waals surface area contributed by atoms with Gasteiger partial charge in [-0.05, 0) is 32.3 Å². The molecule has 5 nitrogen and oxygen atoms in total. The first-order valence-electron chi connectivity index (χ1n) is 8.00. The second-order valence-corrected chi connectivity index (χ2v) is 7.80. The second kappa shape index (κ2) is 6.55. The van der Waals surface area contributed by atoms with Crippen LogP contribution in [0, 0.1) is 11.7 Å². The van der Waals surface area contributed by atoms with Crippen molar-refractivity contribution in [2.24, 2.45) is 10.9 Å². The molecule has 3 rings (SSSR count). The number of nitrogens with zero attached hydrogens (tertiary/aromatic N) is 1. The maximum Gasteiger partial charge on any atom is 0.264 e. The van der Waals surface area contributed by atoms with Gasteiger partial charge in [0.15, 0.2) is 5.17 Å². The number of benzene rings is 1. The molecular formula is C17H20FN3O2S. The fraction of sp³-hybridized carbons (Fsp3) is 0.471. The third kappa shape index (κ3) is 3.17. The summed E-state index contributed by atoms with van der Waals surface area (Å²) in [7, 11) is 0. The van der Waals surface area contributed by atoms with Crippen molar-refractivity contribution in [3.05, 3.63) is 35.6 Å². The van der Waals surface area contributed by atoms with Gasteiger partial charge in [0.2, 0.25) is 5.91 Å². The molecule has 0 bridgehead atoms. The fourth-order valence-electron chi connectivity index (χ4n) is 3.13. The standard InChI is InChI=1S/C17H20FN3O2S/c1-10(12-5-3-4-6-13(12)18)20-16-21-15(23)17(2,24-16)11-7-8-19-14(22)9-11/h3-6,10-11H,7-9H2,1-2H3,(H,19,22)(H,20,21,23)/t10-,11?,17?/m0/s1. The van der Waals surface area contributed by atoms with Gasteiger partial charge in [-0.15, -0.1) is 0 Å². The van der Waals surface area contributed by atoms with Crippen LogP contribution in [-0.4, -0.2) is 28.3 Å². The van der Waals surface area contributed by atoms with E-state index >= 15 is 0 Å². The predicted octanol–water partition coefficient (Wildman–Crippen LogP) is 2.39. The third-order valence-electron chi connectivity index (χ3n) is 4.67. The van der Waals surface area contributed by atoms with Crippen molar-refractivity contribution >= 4 is 28.7 Å². The number of carbonyl (C=O) groups is 2. The number of thioether (sulfide) groups is 1. The van der Waals surface area contributed by atoms with Crippen LogP contribution < -0.4 is 10.6 Å². The molecule has 2 amide bonds. The van der Waals surface area contributed by atoms with Crippen molar-refractivity contribution in [3.8, 4) is 0 Å². The molecule has 24 heavy (non-hydrogen) atoms. The van der Waals surface area contributed by atoms with Crippen LogP contribution in [0.15, 0.2) is 29.3 Å². The van der Waals surface area contributed by atoms with Crippen molar-refractivity contribution in [1.29, 1.82) is 0 Å². The van der Waals surface area contributed by atoms with Gasteiger partial charge in [-0.2, -0.15) is 4.99 Å². The molecular weight excluding hydrogens is 329 g/mol. The van der Waals surface area contributed by atoms with Crippen LogP contribution in [0.25, 0.3) is 0 Å². The minimum Gasteiger partial charge on any atom is -0.358 e. The topological polar surface area (TPSA) is 70.6 Å². The number of piperidine rings is 1. The molecule has 0 aliphatic carbocycles. The second-order valence-electron chi connectivity index (χ2n) is 6.36. The molecule has 3 atom stereocenters. The summed E-state index contributed by atoms with van der Waals surface area (Å²) in [5.74, 6) is -0.591. The van der Waals surface area contributed by atoms with E-state index in [2.05, 4.69) is 15.6 Å². The smallest absolute Gasteiger partial charge is 0.264 e. The number of hydrogen-bond donors (Lipinski definition) is 2. The molecule has 1 aromatic carbocycles. The Morgan fingerprint density at radius 1 is 1.42 bits per heavy atom. The molecule has 0 saturated carbocycles. The minimum absolute atomic E-state index is 0.0259. The van der Waals surface area contributed by atoms with Gasteiger partial charge >= 0.3 is 0 Å². The maximum atomic E-state index is 13.9. The number of amidine groups is 1.